The van der Waals surface area contributed by atoms with E-state index in [1.54, 1.807) is 18.3 Å². The maximum absolute atomic E-state index is 13.3. The van der Waals surface area contributed by atoms with Crippen molar-refractivity contribution in [3.8, 4) is 0 Å². The zero-order chi connectivity index (χ0) is 20.3. The standard InChI is InChI=1S/C24H22ClFN2O/c25-20-8-4-18(5-9-20)16-28(17-22-3-1-2-14-27-22)23(29)15-24(12-13-24)19-6-10-21(26)11-7-19/h1-11,14H,12-13,15-17H2. The number of pyridine rings is 1. The molecule has 0 N–H and O–H groups in total. The lowest BCUT2D eigenvalue weighted by molar-refractivity contribution is -0.133. The predicted octanol–water partition coefficient (Wildman–Crippen LogP) is 5.52. The molecule has 4 rings (SSSR count). The van der Waals surface area contributed by atoms with E-state index in [0.717, 1.165) is 29.7 Å². The number of hydrogen-bond donors (Lipinski definition) is 0. The summed E-state index contributed by atoms with van der Waals surface area (Å²) in [6, 6.07) is 19.8. The van der Waals surface area contributed by atoms with Gasteiger partial charge in [0.05, 0.1) is 12.2 Å². The summed E-state index contributed by atoms with van der Waals surface area (Å²) in [7, 11) is 0. The topological polar surface area (TPSA) is 33.2 Å². The third kappa shape index (κ3) is 4.83. The molecule has 1 heterocycles. The van der Waals surface area contributed by atoms with Crippen LogP contribution in [0.3, 0.4) is 0 Å². The Morgan fingerprint density at radius 2 is 1.72 bits per heavy atom. The molecule has 3 aromatic rings. The summed E-state index contributed by atoms with van der Waals surface area (Å²) in [6.07, 6.45) is 4.05. The maximum atomic E-state index is 13.3. The van der Waals surface area contributed by atoms with Crippen LogP contribution in [-0.4, -0.2) is 15.8 Å². The highest BCUT2D eigenvalue weighted by Gasteiger charge is 2.46. The van der Waals surface area contributed by atoms with E-state index in [-0.39, 0.29) is 17.1 Å². The number of amides is 1. The molecule has 29 heavy (non-hydrogen) atoms. The lowest BCUT2D eigenvalue weighted by Gasteiger charge is -2.25. The van der Waals surface area contributed by atoms with Crippen molar-refractivity contribution in [2.24, 2.45) is 0 Å². The molecule has 0 radical (unpaired) electrons. The van der Waals surface area contributed by atoms with Crippen LogP contribution in [0.4, 0.5) is 4.39 Å². The van der Waals surface area contributed by atoms with Gasteiger partial charge < -0.3 is 4.90 Å². The quantitative estimate of drug-likeness (QED) is 0.515. The number of rotatable bonds is 7. The molecule has 1 aliphatic rings. The first-order chi connectivity index (χ1) is 14.0. The van der Waals surface area contributed by atoms with Crippen molar-refractivity contribution in [1.82, 2.24) is 9.88 Å². The van der Waals surface area contributed by atoms with Gasteiger partial charge in [-0.05, 0) is 60.4 Å². The Kier molecular flexibility index (Phi) is 5.63. The number of carbonyl (C=O) groups is 1. The summed E-state index contributed by atoms with van der Waals surface area (Å²) in [5.74, 6) is -0.178. The first kappa shape index (κ1) is 19.6. The van der Waals surface area contributed by atoms with Gasteiger partial charge in [0, 0.05) is 29.6 Å². The van der Waals surface area contributed by atoms with Gasteiger partial charge in [0.2, 0.25) is 5.91 Å². The molecule has 148 valence electrons. The number of nitrogens with zero attached hydrogens (tertiary/aromatic N) is 2. The van der Waals surface area contributed by atoms with Crippen LogP contribution in [0.5, 0.6) is 0 Å². The molecule has 5 heteroatoms. The lowest BCUT2D eigenvalue weighted by atomic mass is 9.91. The minimum absolute atomic E-state index is 0.0763. The second-order valence-electron chi connectivity index (χ2n) is 7.66. The number of benzene rings is 2. The molecule has 1 saturated carbocycles. The van der Waals surface area contributed by atoms with Crippen LogP contribution in [0.15, 0.2) is 72.9 Å². The molecular formula is C24H22ClFN2O. The summed E-state index contributed by atoms with van der Waals surface area (Å²) in [5.41, 5.74) is 2.73. The Bertz CT molecular complexity index is 970. The van der Waals surface area contributed by atoms with Gasteiger partial charge in [-0.25, -0.2) is 4.39 Å². The molecule has 0 atom stereocenters. The largest absolute Gasteiger partial charge is 0.332 e. The molecule has 2 aromatic carbocycles. The molecule has 1 amide bonds. The van der Waals surface area contributed by atoms with Crippen LogP contribution in [0.1, 0.15) is 36.1 Å². The Labute approximate surface area is 175 Å². The third-order valence-corrected chi connectivity index (χ3v) is 5.77. The molecule has 3 nitrogen and oxygen atoms in total. The average Bonchev–Trinajstić information content (AvgIpc) is 3.51. The Hall–Kier alpha value is -2.72. The Morgan fingerprint density at radius 3 is 2.34 bits per heavy atom. The molecule has 0 aliphatic heterocycles. The van der Waals surface area contributed by atoms with E-state index >= 15 is 0 Å². The van der Waals surface area contributed by atoms with Crippen LogP contribution in [0.25, 0.3) is 0 Å². The molecule has 0 unspecified atom stereocenters. The van der Waals surface area contributed by atoms with E-state index < -0.39 is 0 Å². The van der Waals surface area contributed by atoms with Crippen LogP contribution < -0.4 is 0 Å². The second-order valence-corrected chi connectivity index (χ2v) is 8.10. The highest BCUT2D eigenvalue weighted by molar-refractivity contribution is 6.30. The first-order valence-corrected chi connectivity index (χ1v) is 10.1. The van der Waals surface area contributed by atoms with Crippen molar-refractivity contribution in [3.05, 3.63) is 101 Å². The number of hydrogen-bond acceptors (Lipinski definition) is 2. The van der Waals surface area contributed by atoms with Gasteiger partial charge in [-0.15, -0.1) is 0 Å². The SMILES string of the molecule is O=C(CC1(c2ccc(F)cc2)CC1)N(Cc1ccc(Cl)cc1)Cc1ccccn1. The van der Waals surface area contributed by atoms with Crippen molar-refractivity contribution in [1.29, 1.82) is 0 Å². The monoisotopic (exact) mass is 408 g/mol. The van der Waals surface area contributed by atoms with Crippen molar-refractivity contribution >= 4 is 17.5 Å². The van der Waals surface area contributed by atoms with Crippen LogP contribution >= 0.6 is 11.6 Å². The van der Waals surface area contributed by atoms with Gasteiger partial charge in [-0.3, -0.25) is 9.78 Å². The van der Waals surface area contributed by atoms with Gasteiger partial charge in [-0.2, -0.15) is 0 Å². The minimum Gasteiger partial charge on any atom is -0.332 e. The van der Waals surface area contributed by atoms with Crippen LogP contribution in [0.2, 0.25) is 5.02 Å². The molecule has 0 spiro atoms. The summed E-state index contributed by atoms with van der Waals surface area (Å²) < 4.78 is 13.3. The van der Waals surface area contributed by atoms with Crippen LogP contribution in [-0.2, 0) is 23.3 Å². The van der Waals surface area contributed by atoms with E-state index in [9.17, 15) is 9.18 Å². The normalized spacial score (nSPS) is 14.4. The highest BCUT2D eigenvalue weighted by atomic mass is 35.5. The third-order valence-electron chi connectivity index (χ3n) is 5.52. The number of halogens is 2. The average molecular weight is 409 g/mol. The number of aromatic nitrogens is 1. The highest BCUT2D eigenvalue weighted by Crippen LogP contribution is 2.51. The Morgan fingerprint density at radius 1 is 1.00 bits per heavy atom. The van der Waals surface area contributed by atoms with Crippen molar-refractivity contribution in [2.45, 2.75) is 37.8 Å². The van der Waals surface area contributed by atoms with E-state index in [2.05, 4.69) is 4.98 Å². The summed E-state index contributed by atoms with van der Waals surface area (Å²) in [5, 5.41) is 0.671. The van der Waals surface area contributed by atoms with Crippen LogP contribution in [0, 0.1) is 5.82 Å². The van der Waals surface area contributed by atoms with Gasteiger partial charge >= 0.3 is 0 Å². The molecule has 1 fully saturated rings. The summed E-state index contributed by atoms with van der Waals surface area (Å²) in [4.78, 5) is 19.5. The van der Waals surface area contributed by atoms with E-state index in [4.69, 9.17) is 11.6 Å². The molecule has 1 aromatic heterocycles. The smallest absolute Gasteiger partial charge is 0.224 e. The first-order valence-electron chi connectivity index (χ1n) is 9.72. The summed E-state index contributed by atoms with van der Waals surface area (Å²) >= 11 is 6.00. The zero-order valence-corrected chi connectivity index (χ0v) is 16.8. The van der Waals surface area contributed by atoms with Gasteiger partial charge in [-0.1, -0.05) is 41.9 Å². The molecule has 0 bridgehead atoms. The Balaban J connectivity index is 1.53. The molecular weight excluding hydrogens is 387 g/mol. The molecule has 1 aliphatic carbocycles. The fourth-order valence-electron chi connectivity index (χ4n) is 3.65. The summed E-state index contributed by atoms with van der Waals surface area (Å²) in [6.45, 7) is 0.938. The van der Waals surface area contributed by atoms with Gasteiger partial charge in [0.1, 0.15) is 5.82 Å². The van der Waals surface area contributed by atoms with Gasteiger partial charge in [0.15, 0.2) is 0 Å². The van der Waals surface area contributed by atoms with E-state index in [1.165, 1.54) is 12.1 Å². The maximum Gasteiger partial charge on any atom is 0.224 e. The zero-order valence-electron chi connectivity index (χ0n) is 16.0. The fraction of sp³-hybridized carbons (Fsp3) is 0.250. The van der Waals surface area contributed by atoms with Crippen molar-refractivity contribution in [3.63, 3.8) is 0 Å². The number of carbonyl (C=O) groups excluding carboxylic acids is 1. The van der Waals surface area contributed by atoms with Gasteiger partial charge in [0.25, 0.3) is 0 Å². The fourth-order valence-corrected chi connectivity index (χ4v) is 3.78. The lowest BCUT2D eigenvalue weighted by Crippen LogP contribution is -2.33. The van der Waals surface area contributed by atoms with Crippen molar-refractivity contribution in [2.75, 3.05) is 0 Å². The minimum atomic E-state index is -0.254. The van der Waals surface area contributed by atoms with Crippen molar-refractivity contribution < 1.29 is 9.18 Å². The molecule has 0 saturated heterocycles. The van der Waals surface area contributed by atoms with E-state index in [0.29, 0.717) is 24.5 Å². The van der Waals surface area contributed by atoms with E-state index in [1.807, 2.05) is 47.4 Å². The predicted molar refractivity (Wildman–Crippen MR) is 112 cm³/mol. The second kappa shape index (κ2) is 8.34.